The van der Waals surface area contributed by atoms with E-state index in [2.05, 4.69) is 0 Å². The lowest BCUT2D eigenvalue weighted by molar-refractivity contribution is 0.152. The zero-order valence-corrected chi connectivity index (χ0v) is 8.33. The Morgan fingerprint density at radius 2 is 1.91 bits per heavy atom. The van der Waals surface area contributed by atoms with E-state index in [1.807, 2.05) is 0 Å². The summed E-state index contributed by atoms with van der Waals surface area (Å²) in [7, 11) is 0. The molecule has 0 aliphatic carbocycles. The molecule has 1 saturated heterocycles. The molecule has 1 aliphatic heterocycles. The number of nitrogens with two attached hydrogens (primary N) is 1. The summed E-state index contributed by atoms with van der Waals surface area (Å²) < 4.78 is -1.24. The maximum absolute atomic E-state index is 5.72. The van der Waals surface area contributed by atoms with Gasteiger partial charge in [0.05, 0.1) is 6.04 Å². The van der Waals surface area contributed by atoms with Crippen LogP contribution in [-0.4, -0.2) is 21.4 Å². The van der Waals surface area contributed by atoms with Crippen LogP contribution >= 0.6 is 34.8 Å². The first-order valence-electron chi connectivity index (χ1n) is 3.60. The van der Waals surface area contributed by atoms with Gasteiger partial charge in [0.2, 0.25) is 3.79 Å². The van der Waals surface area contributed by atoms with E-state index in [0.29, 0.717) is 0 Å². The molecule has 0 spiro atoms. The first kappa shape index (κ1) is 9.87. The summed E-state index contributed by atoms with van der Waals surface area (Å²) >= 11 is 17.1. The van der Waals surface area contributed by atoms with Crippen LogP contribution in [-0.2, 0) is 0 Å². The second-order valence-corrected chi connectivity index (χ2v) is 5.16. The molecule has 2 N–H and O–H groups in total. The number of rotatable bonds is 0. The van der Waals surface area contributed by atoms with Gasteiger partial charge >= 0.3 is 0 Å². The van der Waals surface area contributed by atoms with E-state index >= 15 is 0 Å². The summed E-state index contributed by atoms with van der Waals surface area (Å²) in [6, 6.07) is -0.124. The Labute approximate surface area is 81.5 Å². The third-order valence-electron chi connectivity index (χ3n) is 1.92. The summed E-state index contributed by atoms with van der Waals surface area (Å²) in [5.74, 6) is 5.65. The number of hydrogen-bond donors (Lipinski definition) is 1. The predicted molar refractivity (Wildman–Crippen MR) is 48.8 cm³/mol. The molecule has 66 valence electrons. The van der Waals surface area contributed by atoms with Crippen molar-refractivity contribution in [2.24, 2.45) is 5.84 Å². The van der Waals surface area contributed by atoms with Crippen LogP contribution in [0.4, 0.5) is 0 Å². The van der Waals surface area contributed by atoms with E-state index < -0.39 is 3.79 Å². The van der Waals surface area contributed by atoms with Gasteiger partial charge in [-0.05, 0) is 12.8 Å². The molecule has 2 nitrogen and oxygen atoms in total. The highest BCUT2D eigenvalue weighted by atomic mass is 35.6. The first-order chi connectivity index (χ1) is 5.02. The third-order valence-corrected chi connectivity index (χ3v) is 2.68. The molecule has 1 unspecified atom stereocenters. The van der Waals surface area contributed by atoms with Crippen molar-refractivity contribution in [1.82, 2.24) is 5.01 Å². The molecule has 1 rings (SSSR count). The quantitative estimate of drug-likeness (QED) is 0.497. The minimum atomic E-state index is -1.24. The van der Waals surface area contributed by atoms with E-state index in [1.54, 1.807) is 5.01 Å². The largest absolute Gasteiger partial charge is 0.268 e. The van der Waals surface area contributed by atoms with E-state index in [-0.39, 0.29) is 6.04 Å². The fourth-order valence-corrected chi connectivity index (χ4v) is 2.01. The van der Waals surface area contributed by atoms with Crippen LogP contribution in [0.2, 0.25) is 0 Å². The second kappa shape index (κ2) is 3.67. The van der Waals surface area contributed by atoms with Crippen molar-refractivity contribution in [2.75, 3.05) is 6.54 Å². The Balaban J connectivity index is 2.55. The van der Waals surface area contributed by atoms with E-state index in [0.717, 1.165) is 25.8 Å². The Hall–Kier alpha value is 0.790. The maximum atomic E-state index is 5.72. The van der Waals surface area contributed by atoms with Gasteiger partial charge in [-0.25, -0.2) is 5.01 Å². The molecule has 0 aromatic carbocycles. The fourth-order valence-electron chi connectivity index (χ4n) is 1.31. The van der Waals surface area contributed by atoms with Crippen LogP contribution in [0.15, 0.2) is 0 Å². The zero-order chi connectivity index (χ0) is 8.48. The van der Waals surface area contributed by atoms with Gasteiger partial charge in [-0.3, -0.25) is 5.84 Å². The molecule has 0 amide bonds. The van der Waals surface area contributed by atoms with Crippen LogP contribution in [0, 0.1) is 0 Å². The maximum Gasteiger partial charge on any atom is 0.207 e. The van der Waals surface area contributed by atoms with Crippen LogP contribution in [0.25, 0.3) is 0 Å². The lowest BCUT2D eigenvalue weighted by atomic mass is 10.1. The first-order valence-corrected chi connectivity index (χ1v) is 4.73. The Bertz CT molecular complexity index is 134. The van der Waals surface area contributed by atoms with Crippen molar-refractivity contribution in [3.8, 4) is 0 Å². The Morgan fingerprint density at radius 3 is 2.27 bits per heavy atom. The molecular weight excluding hydrogens is 206 g/mol. The van der Waals surface area contributed by atoms with Gasteiger partial charge in [0, 0.05) is 6.54 Å². The molecule has 1 atom stereocenters. The zero-order valence-electron chi connectivity index (χ0n) is 6.06. The highest BCUT2D eigenvalue weighted by Gasteiger charge is 2.37. The normalized spacial score (nSPS) is 28.9. The van der Waals surface area contributed by atoms with Gasteiger partial charge in [-0.1, -0.05) is 41.2 Å². The number of alkyl halides is 3. The summed E-state index contributed by atoms with van der Waals surface area (Å²) in [6.45, 7) is 0.818. The molecule has 1 aliphatic rings. The smallest absolute Gasteiger partial charge is 0.207 e. The highest BCUT2D eigenvalue weighted by molar-refractivity contribution is 6.68. The van der Waals surface area contributed by atoms with Crippen molar-refractivity contribution in [3.63, 3.8) is 0 Å². The monoisotopic (exact) mass is 216 g/mol. The molecular formula is C6H11Cl3N2. The minimum Gasteiger partial charge on any atom is -0.268 e. The van der Waals surface area contributed by atoms with E-state index in [4.69, 9.17) is 40.6 Å². The van der Waals surface area contributed by atoms with Gasteiger partial charge in [0.25, 0.3) is 0 Å². The average molecular weight is 218 g/mol. The summed E-state index contributed by atoms with van der Waals surface area (Å²) in [5, 5.41) is 1.62. The van der Waals surface area contributed by atoms with Crippen LogP contribution < -0.4 is 5.84 Å². The molecule has 0 saturated carbocycles. The lowest BCUT2D eigenvalue weighted by Gasteiger charge is -2.36. The van der Waals surface area contributed by atoms with E-state index in [1.165, 1.54) is 0 Å². The molecule has 0 aromatic rings. The number of hydrogen-bond acceptors (Lipinski definition) is 2. The number of hydrazine groups is 1. The fraction of sp³-hybridized carbons (Fsp3) is 1.00. The molecule has 1 fully saturated rings. The van der Waals surface area contributed by atoms with Crippen molar-refractivity contribution in [2.45, 2.75) is 29.1 Å². The van der Waals surface area contributed by atoms with Crippen molar-refractivity contribution < 1.29 is 0 Å². The SMILES string of the molecule is NN1CCCCC1C(Cl)(Cl)Cl. The summed E-state index contributed by atoms with van der Waals surface area (Å²) in [6.07, 6.45) is 3.05. The molecule has 0 radical (unpaired) electrons. The highest BCUT2D eigenvalue weighted by Crippen LogP contribution is 2.36. The van der Waals surface area contributed by atoms with Gasteiger partial charge < -0.3 is 0 Å². The van der Waals surface area contributed by atoms with Gasteiger partial charge in [0.15, 0.2) is 0 Å². The molecule has 0 bridgehead atoms. The lowest BCUT2D eigenvalue weighted by Crippen LogP contribution is -2.50. The van der Waals surface area contributed by atoms with Crippen molar-refractivity contribution >= 4 is 34.8 Å². The summed E-state index contributed by atoms with van der Waals surface area (Å²) in [5.41, 5.74) is 0. The van der Waals surface area contributed by atoms with E-state index in [9.17, 15) is 0 Å². The standard InChI is InChI=1S/C6H11Cl3N2/c7-6(8,9)5-3-1-2-4-11(5)10/h5H,1-4,10H2. The Morgan fingerprint density at radius 1 is 1.27 bits per heavy atom. The van der Waals surface area contributed by atoms with Gasteiger partial charge in [-0.2, -0.15) is 0 Å². The predicted octanol–water partition coefficient (Wildman–Crippen LogP) is 2.08. The average Bonchev–Trinajstić information content (AvgIpc) is 1.86. The van der Waals surface area contributed by atoms with Crippen molar-refractivity contribution in [3.05, 3.63) is 0 Å². The van der Waals surface area contributed by atoms with Gasteiger partial charge in [0.1, 0.15) is 0 Å². The molecule has 5 heteroatoms. The van der Waals surface area contributed by atoms with Gasteiger partial charge in [-0.15, -0.1) is 0 Å². The number of piperidine rings is 1. The molecule has 1 heterocycles. The van der Waals surface area contributed by atoms with Crippen molar-refractivity contribution in [1.29, 1.82) is 0 Å². The summed E-state index contributed by atoms with van der Waals surface area (Å²) in [4.78, 5) is 0. The van der Waals surface area contributed by atoms with Crippen LogP contribution in [0.1, 0.15) is 19.3 Å². The number of halogens is 3. The molecule has 0 aromatic heterocycles. The Kier molecular flexibility index (Phi) is 3.29. The second-order valence-electron chi connectivity index (χ2n) is 2.79. The number of nitrogens with zero attached hydrogens (tertiary/aromatic N) is 1. The third kappa shape index (κ3) is 2.63. The van der Waals surface area contributed by atoms with Crippen LogP contribution in [0.5, 0.6) is 0 Å². The minimum absolute atomic E-state index is 0.124. The van der Waals surface area contributed by atoms with Crippen LogP contribution in [0.3, 0.4) is 0 Å². The molecule has 11 heavy (non-hydrogen) atoms. The topological polar surface area (TPSA) is 29.3 Å².